The van der Waals surface area contributed by atoms with Crippen LogP contribution in [-0.4, -0.2) is 81.3 Å². The molecule has 0 amide bonds. The molecule has 1 aliphatic rings. The second kappa shape index (κ2) is 7.99. The third-order valence-electron chi connectivity index (χ3n) is 3.64. The highest BCUT2D eigenvalue weighted by molar-refractivity contribution is 5.72. The molecule has 1 rings (SSSR count). The summed E-state index contributed by atoms with van der Waals surface area (Å²) < 4.78 is 5.31. The van der Waals surface area contributed by atoms with Crippen LogP contribution >= 0.6 is 0 Å². The van der Waals surface area contributed by atoms with Gasteiger partial charge in [0.1, 0.15) is 24.4 Å². The zero-order valence-corrected chi connectivity index (χ0v) is 11.7. The van der Waals surface area contributed by atoms with Crippen molar-refractivity contribution < 1.29 is 35.1 Å². The minimum absolute atomic E-state index is 0.314. The van der Waals surface area contributed by atoms with Crippen LogP contribution in [0, 0.1) is 0 Å². The molecule has 8 N–H and O–H groups in total. The van der Waals surface area contributed by atoms with E-state index in [9.17, 15) is 20.1 Å². The van der Waals surface area contributed by atoms with Crippen molar-refractivity contribution >= 4 is 5.97 Å². The Kier molecular flexibility index (Phi) is 6.94. The van der Waals surface area contributed by atoms with E-state index in [0.717, 1.165) is 0 Å². The fourth-order valence-corrected chi connectivity index (χ4v) is 2.28. The standard InChI is InChI=1S/C12H24N2O7/c13-7(11(19)20)3-1-2-4-14-12(6-16)10(18)9(17)8(5-15)21-12/h7-10,14-18H,1-6,13H2,(H,19,20)/t7?,8-,9-,10+,12?/m1/s1. The molecule has 1 heterocycles. The van der Waals surface area contributed by atoms with Gasteiger partial charge in [-0.05, 0) is 19.4 Å². The zero-order chi connectivity index (χ0) is 16.0. The molecule has 1 fully saturated rings. The first-order valence-electron chi connectivity index (χ1n) is 6.87. The normalized spacial score (nSPS) is 34.0. The number of carbonyl (C=O) groups is 1. The average molecular weight is 308 g/mol. The van der Waals surface area contributed by atoms with Crippen molar-refractivity contribution in [2.24, 2.45) is 5.73 Å². The summed E-state index contributed by atoms with van der Waals surface area (Å²) in [6.07, 6.45) is -2.23. The first-order valence-corrected chi connectivity index (χ1v) is 6.87. The molecule has 1 saturated heterocycles. The third-order valence-corrected chi connectivity index (χ3v) is 3.64. The number of aliphatic hydroxyl groups is 4. The summed E-state index contributed by atoms with van der Waals surface area (Å²) in [5.41, 5.74) is 3.84. The minimum Gasteiger partial charge on any atom is -0.480 e. The predicted molar refractivity (Wildman–Crippen MR) is 71.3 cm³/mol. The number of nitrogens with one attached hydrogen (secondary N) is 1. The highest BCUT2D eigenvalue weighted by atomic mass is 16.6. The Labute approximate surface area is 122 Å². The van der Waals surface area contributed by atoms with Gasteiger partial charge in [-0.3, -0.25) is 10.1 Å². The van der Waals surface area contributed by atoms with E-state index in [0.29, 0.717) is 25.8 Å². The largest absolute Gasteiger partial charge is 0.480 e. The molecular weight excluding hydrogens is 284 g/mol. The van der Waals surface area contributed by atoms with Crippen LogP contribution in [0.5, 0.6) is 0 Å². The maximum absolute atomic E-state index is 10.5. The molecule has 0 aromatic rings. The van der Waals surface area contributed by atoms with Gasteiger partial charge in [-0.15, -0.1) is 0 Å². The van der Waals surface area contributed by atoms with E-state index in [1.807, 2.05) is 0 Å². The smallest absolute Gasteiger partial charge is 0.320 e. The van der Waals surface area contributed by atoms with Crippen LogP contribution in [0.4, 0.5) is 0 Å². The molecular formula is C12H24N2O7. The van der Waals surface area contributed by atoms with E-state index in [1.54, 1.807) is 0 Å². The highest BCUT2D eigenvalue weighted by Crippen LogP contribution is 2.28. The number of hydrogen-bond donors (Lipinski definition) is 7. The predicted octanol–water partition coefficient (Wildman–Crippen LogP) is -3.04. The van der Waals surface area contributed by atoms with Crippen LogP contribution in [0.1, 0.15) is 19.3 Å². The lowest BCUT2D eigenvalue weighted by Gasteiger charge is -2.31. The van der Waals surface area contributed by atoms with Gasteiger partial charge in [-0.1, -0.05) is 6.42 Å². The molecule has 124 valence electrons. The van der Waals surface area contributed by atoms with Crippen LogP contribution in [0.15, 0.2) is 0 Å². The fraction of sp³-hybridized carbons (Fsp3) is 0.917. The molecule has 0 saturated carbocycles. The van der Waals surface area contributed by atoms with Crippen molar-refractivity contribution in [3.63, 3.8) is 0 Å². The topological polar surface area (TPSA) is 166 Å². The average Bonchev–Trinajstić information content (AvgIpc) is 2.71. The summed E-state index contributed by atoms with van der Waals surface area (Å²) in [6.45, 7) is -0.722. The number of aliphatic carboxylic acids is 1. The Morgan fingerprint density at radius 2 is 2.00 bits per heavy atom. The van der Waals surface area contributed by atoms with Crippen LogP contribution in [-0.2, 0) is 9.53 Å². The van der Waals surface area contributed by atoms with E-state index in [4.69, 9.17) is 20.7 Å². The summed E-state index contributed by atoms with van der Waals surface area (Å²) in [5, 5.41) is 49.5. The van der Waals surface area contributed by atoms with E-state index < -0.39 is 49.3 Å². The van der Waals surface area contributed by atoms with Gasteiger partial charge in [0.25, 0.3) is 0 Å². The SMILES string of the molecule is NC(CCCCNC1(CO)O[C@H](CO)[C@@H](O)[C@@H]1O)C(=O)O. The van der Waals surface area contributed by atoms with Gasteiger partial charge in [-0.2, -0.15) is 0 Å². The minimum atomic E-state index is -1.53. The summed E-state index contributed by atoms with van der Waals surface area (Å²) in [7, 11) is 0. The second-order valence-corrected chi connectivity index (χ2v) is 5.19. The van der Waals surface area contributed by atoms with Gasteiger partial charge in [-0.25, -0.2) is 0 Å². The van der Waals surface area contributed by atoms with Crippen LogP contribution < -0.4 is 11.1 Å². The van der Waals surface area contributed by atoms with Gasteiger partial charge >= 0.3 is 5.97 Å². The Hall–Kier alpha value is -0.810. The van der Waals surface area contributed by atoms with Crippen molar-refractivity contribution in [3.05, 3.63) is 0 Å². The van der Waals surface area contributed by atoms with Gasteiger partial charge in [0.05, 0.1) is 13.2 Å². The Morgan fingerprint density at radius 3 is 2.48 bits per heavy atom. The van der Waals surface area contributed by atoms with Crippen molar-refractivity contribution in [1.29, 1.82) is 0 Å². The van der Waals surface area contributed by atoms with E-state index in [-0.39, 0.29) is 0 Å². The summed E-state index contributed by atoms with van der Waals surface area (Å²) in [6, 6.07) is -0.911. The number of rotatable bonds is 9. The number of carboxylic acid groups (broad SMARTS) is 1. The maximum atomic E-state index is 10.5. The van der Waals surface area contributed by atoms with Crippen molar-refractivity contribution in [1.82, 2.24) is 5.32 Å². The first kappa shape index (κ1) is 18.2. The van der Waals surface area contributed by atoms with Crippen LogP contribution in [0.3, 0.4) is 0 Å². The molecule has 0 aromatic carbocycles. The zero-order valence-electron chi connectivity index (χ0n) is 11.7. The molecule has 1 aliphatic heterocycles. The second-order valence-electron chi connectivity index (χ2n) is 5.19. The summed E-state index contributed by atoms with van der Waals surface area (Å²) in [4.78, 5) is 10.5. The quantitative estimate of drug-likeness (QED) is 0.219. The lowest BCUT2D eigenvalue weighted by molar-refractivity contribution is -0.139. The number of aliphatic hydroxyl groups excluding tert-OH is 4. The molecule has 0 aromatic heterocycles. The number of hydrogen-bond acceptors (Lipinski definition) is 8. The maximum Gasteiger partial charge on any atom is 0.320 e. The Morgan fingerprint density at radius 1 is 1.33 bits per heavy atom. The Bertz CT molecular complexity index is 344. The molecule has 0 spiro atoms. The van der Waals surface area contributed by atoms with Gasteiger partial charge in [0, 0.05) is 0 Å². The molecule has 5 atom stereocenters. The number of ether oxygens (including phenoxy) is 1. The van der Waals surface area contributed by atoms with Crippen molar-refractivity contribution in [2.45, 2.75) is 49.3 Å². The molecule has 0 aliphatic carbocycles. The lowest BCUT2D eigenvalue weighted by Crippen LogP contribution is -2.57. The molecule has 2 unspecified atom stereocenters. The molecule has 0 radical (unpaired) electrons. The third kappa shape index (κ3) is 4.33. The molecule has 9 heteroatoms. The Balaban J connectivity index is 2.39. The highest BCUT2D eigenvalue weighted by Gasteiger charge is 2.53. The van der Waals surface area contributed by atoms with Gasteiger partial charge in [0.2, 0.25) is 0 Å². The van der Waals surface area contributed by atoms with Crippen LogP contribution in [0.2, 0.25) is 0 Å². The van der Waals surface area contributed by atoms with Gasteiger partial charge in [0.15, 0.2) is 5.72 Å². The monoisotopic (exact) mass is 308 g/mol. The van der Waals surface area contributed by atoms with Crippen molar-refractivity contribution in [2.75, 3.05) is 19.8 Å². The number of unbranched alkanes of at least 4 members (excludes halogenated alkanes) is 1. The van der Waals surface area contributed by atoms with E-state index in [1.165, 1.54) is 0 Å². The first-order chi connectivity index (χ1) is 9.88. The van der Waals surface area contributed by atoms with Gasteiger partial charge < -0.3 is 36.0 Å². The fourth-order valence-electron chi connectivity index (χ4n) is 2.28. The van der Waals surface area contributed by atoms with Crippen molar-refractivity contribution in [3.8, 4) is 0 Å². The lowest BCUT2D eigenvalue weighted by atomic mass is 10.0. The molecule has 9 nitrogen and oxygen atoms in total. The number of carboxylic acids is 1. The summed E-state index contributed by atoms with van der Waals surface area (Å²) in [5.74, 6) is -1.06. The summed E-state index contributed by atoms with van der Waals surface area (Å²) >= 11 is 0. The van der Waals surface area contributed by atoms with Crippen LogP contribution in [0.25, 0.3) is 0 Å². The molecule has 0 bridgehead atoms. The van der Waals surface area contributed by atoms with E-state index >= 15 is 0 Å². The molecule has 21 heavy (non-hydrogen) atoms. The number of nitrogens with two attached hydrogens (primary N) is 1. The van der Waals surface area contributed by atoms with E-state index in [2.05, 4.69) is 5.32 Å².